The van der Waals surface area contributed by atoms with Crippen molar-refractivity contribution in [1.29, 1.82) is 0 Å². The fourth-order valence-corrected chi connectivity index (χ4v) is 1.47. The molecule has 1 atom stereocenters. The summed E-state index contributed by atoms with van der Waals surface area (Å²) in [5, 5.41) is 19.1. The molecule has 0 spiro atoms. The Morgan fingerprint density at radius 3 is 1.80 bits per heavy atom. The maximum atomic E-state index is 10.2. The molecule has 0 amide bonds. The van der Waals surface area contributed by atoms with Gasteiger partial charge in [0.25, 0.3) is 0 Å². The first-order chi connectivity index (χ1) is 6.63. The number of rotatable bonds is 6. The van der Waals surface area contributed by atoms with E-state index in [0.717, 1.165) is 6.42 Å². The summed E-state index contributed by atoms with van der Waals surface area (Å²) < 4.78 is 0. The Bertz CT molecular complexity index is 183. The lowest BCUT2D eigenvalue weighted by Crippen LogP contribution is -2.36. The van der Waals surface area contributed by atoms with Crippen molar-refractivity contribution in [2.45, 2.75) is 60.5 Å². The van der Waals surface area contributed by atoms with E-state index >= 15 is 0 Å². The number of hydrogen-bond donors (Lipinski definition) is 2. The van der Waals surface area contributed by atoms with Crippen LogP contribution in [0.4, 0.5) is 0 Å². The van der Waals surface area contributed by atoms with E-state index in [-0.39, 0.29) is 23.5 Å². The highest BCUT2D eigenvalue weighted by Crippen LogP contribution is 2.37. The zero-order chi connectivity index (χ0) is 12.3. The minimum absolute atomic E-state index is 0.145. The van der Waals surface area contributed by atoms with Crippen LogP contribution in [0.5, 0.6) is 0 Å². The third-order valence-corrected chi connectivity index (χ3v) is 3.94. The molecule has 0 aromatic rings. The molecule has 0 aliphatic heterocycles. The fraction of sp³-hybridized carbons (Fsp3) is 1.00. The molecular formula is C13H28O2. The Balaban J connectivity index is 4.41. The summed E-state index contributed by atoms with van der Waals surface area (Å²) in [7, 11) is 0. The highest BCUT2D eigenvalue weighted by Gasteiger charge is 2.33. The molecule has 15 heavy (non-hydrogen) atoms. The third kappa shape index (κ3) is 4.52. The standard InChI is InChI=1S/C13H28O2/c1-10(2)13(5,6)9-11(15)12(3,4)7-8-14/h10-11,14-15H,7-9H2,1-6H3. The molecule has 0 saturated carbocycles. The molecule has 2 N–H and O–H groups in total. The van der Waals surface area contributed by atoms with E-state index in [0.29, 0.717) is 12.3 Å². The summed E-state index contributed by atoms with van der Waals surface area (Å²) in [5.74, 6) is 0.553. The Morgan fingerprint density at radius 1 is 1.00 bits per heavy atom. The number of aliphatic hydroxyl groups is 2. The lowest BCUT2D eigenvalue weighted by atomic mass is 9.71. The molecule has 0 rings (SSSR count). The van der Waals surface area contributed by atoms with Crippen LogP contribution in [-0.4, -0.2) is 22.9 Å². The van der Waals surface area contributed by atoms with Crippen LogP contribution in [0.25, 0.3) is 0 Å². The van der Waals surface area contributed by atoms with Gasteiger partial charge in [-0.15, -0.1) is 0 Å². The fourth-order valence-electron chi connectivity index (χ4n) is 1.47. The normalized spacial score (nSPS) is 15.8. The van der Waals surface area contributed by atoms with Crippen LogP contribution in [0, 0.1) is 16.7 Å². The molecule has 92 valence electrons. The van der Waals surface area contributed by atoms with Crippen molar-refractivity contribution < 1.29 is 10.2 Å². The molecule has 0 saturated heterocycles. The van der Waals surface area contributed by atoms with E-state index in [1.165, 1.54) is 0 Å². The molecule has 0 fully saturated rings. The number of hydrogen-bond acceptors (Lipinski definition) is 2. The largest absolute Gasteiger partial charge is 0.396 e. The summed E-state index contributed by atoms with van der Waals surface area (Å²) in [4.78, 5) is 0. The second-order valence-electron chi connectivity index (χ2n) is 6.33. The van der Waals surface area contributed by atoms with Gasteiger partial charge in [0.1, 0.15) is 0 Å². The second-order valence-corrected chi connectivity index (χ2v) is 6.33. The van der Waals surface area contributed by atoms with Crippen LogP contribution in [0.3, 0.4) is 0 Å². The van der Waals surface area contributed by atoms with Gasteiger partial charge in [0.15, 0.2) is 0 Å². The molecule has 0 radical (unpaired) electrons. The van der Waals surface area contributed by atoms with Crippen LogP contribution in [0.1, 0.15) is 54.4 Å². The molecule has 0 aromatic carbocycles. The predicted octanol–water partition coefficient (Wildman–Crippen LogP) is 2.83. The quantitative estimate of drug-likeness (QED) is 0.717. The highest BCUT2D eigenvalue weighted by atomic mass is 16.3. The van der Waals surface area contributed by atoms with Crippen LogP contribution < -0.4 is 0 Å². The maximum Gasteiger partial charge on any atom is 0.0597 e. The first kappa shape index (κ1) is 14.9. The lowest BCUT2D eigenvalue weighted by Gasteiger charge is -2.38. The monoisotopic (exact) mass is 216 g/mol. The highest BCUT2D eigenvalue weighted by molar-refractivity contribution is 4.84. The Hall–Kier alpha value is -0.0800. The van der Waals surface area contributed by atoms with Crippen molar-refractivity contribution in [3.05, 3.63) is 0 Å². The molecule has 0 bridgehead atoms. The average molecular weight is 216 g/mol. The van der Waals surface area contributed by atoms with Crippen LogP contribution >= 0.6 is 0 Å². The Labute approximate surface area is 94.7 Å². The van der Waals surface area contributed by atoms with E-state index < -0.39 is 0 Å². The minimum Gasteiger partial charge on any atom is -0.396 e. The van der Waals surface area contributed by atoms with Gasteiger partial charge in [-0.25, -0.2) is 0 Å². The molecule has 0 aliphatic carbocycles. The maximum absolute atomic E-state index is 10.2. The molecular weight excluding hydrogens is 188 g/mol. The van der Waals surface area contributed by atoms with Crippen molar-refractivity contribution in [3.8, 4) is 0 Å². The van der Waals surface area contributed by atoms with Gasteiger partial charge < -0.3 is 10.2 Å². The Kier molecular flexibility index (Phi) is 5.28. The van der Waals surface area contributed by atoms with Gasteiger partial charge >= 0.3 is 0 Å². The summed E-state index contributed by atoms with van der Waals surface area (Å²) in [6.45, 7) is 12.9. The summed E-state index contributed by atoms with van der Waals surface area (Å²) in [6.07, 6.45) is 1.10. The smallest absolute Gasteiger partial charge is 0.0597 e. The molecule has 0 aliphatic rings. The molecule has 0 heterocycles. The SMILES string of the molecule is CC(C)C(C)(C)CC(O)C(C)(C)CCO. The molecule has 2 heteroatoms. The molecule has 2 nitrogen and oxygen atoms in total. The van der Waals surface area contributed by atoms with Crippen molar-refractivity contribution in [1.82, 2.24) is 0 Å². The third-order valence-electron chi connectivity index (χ3n) is 3.94. The van der Waals surface area contributed by atoms with Gasteiger partial charge in [-0.1, -0.05) is 41.5 Å². The number of aliphatic hydroxyl groups excluding tert-OH is 2. The summed E-state index contributed by atoms with van der Waals surface area (Å²) >= 11 is 0. The van der Waals surface area contributed by atoms with Crippen molar-refractivity contribution >= 4 is 0 Å². The van der Waals surface area contributed by atoms with Gasteiger partial charge in [0.05, 0.1) is 6.10 Å². The van der Waals surface area contributed by atoms with E-state index in [9.17, 15) is 5.11 Å². The topological polar surface area (TPSA) is 40.5 Å². The minimum atomic E-state index is -0.345. The van der Waals surface area contributed by atoms with Crippen LogP contribution in [0.15, 0.2) is 0 Å². The van der Waals surface area contributed by atoms with Crippen LogP contribution in [-0.2, 0) is 0 Å². The van der Waals surface area contributed by atoms with Gasteiger partial charge in [-0.2, -0.15) is 0 Å². The zero-order valence-corrected chi connectivity index (χ0v) is 11.2. The predicted molar refractivity (Wildman–Crippen MR) is 64.7 cm³/mol. The van der Waals surface area contributed by atoms with Gasteiger partial charge in [0, 0.05) is 6.61 Å². The summed E-state index contributed by atoms with van der Waals surface area (Å²) in [6, 6.07) is 0. The van der Waals surface area contributed by atoms with E-state index in [2.05, 4.69) is 27.7 Å². The first-order valence-corrected chi connectivity index (χ1v) is 5.92. The van der Waals surface area contributed by atoms with Crippen LogP contribution in [0.2, 0.25) is 0 Å². The summed E-state index contributed by atoms with van der Waals surface area (Å²) in [5.41, 5.74) is -0.0486. The van der Waals surface area contributed by atoms with Crippen molar-refractivity contribution in [2.24, 2.45) is 16.7 Å². The van der Waals surface area contributed by atoms with Gasteiger partial charge in [-0.05, 0) is 29.6 Å². The van der Waals surface area contributed by atoms with Gasteiger partial charge in [-0.3, -0.25) is 0 Å². The second kappa shape index (κ2) is 5.31. The van der Waals surface area contributed by atoms with E-state index in [1.54, 1.807) is 0 Å². The average Bonchev–Trinajstić information content (AvgIpc) is 2.02. The first-order valence-electron chi connectivity index (χ1n) is 5.92. The zero-order valence-electron chi connectivity index (χ0n) is 11.2. The van der Waals surface area contributed by atoms with E-state index in [1.807, 2.05) is 13.8 Å². The Morgan fingerprint density at radius 2 is 1.47 bits per heavy atom. The van der Waals surface area contributed by atoms with Crippen molar-refractivity contribution in [3.63, 3.8) is 0 Å². The van der Waals surface area contributed by atoms with Gasteiger partial charge in [0.2, 0.25) is 0 Å². The molecule has 1 unspecified atom stereocenters. The molecule has 0 aromatic heterocycles. The van der Waals surface area contributed by atoms with Crippen molar-refractivity contribution in [2.75, 3.05) is 6.61 Å². The lowest BCUT2D eigenvalue weighted by molar-refractivity contribution is -0.00915. The van der Waals surface area contributed by atoms with E-state index in [4.69, 9.17) is 5.11 Å².